The fourth-order valence-corrected chi connectivity index (χ4v) is 8.18. The minimum atomic E-state index is -4.83. The average Bonchev–Trinajstić information content (AvgIpc) is 3.70. The standard InChI is InChI=1S/C30H22F3N3O7S2/c1-2-42-28(40)15-9-11-16(12-10-15)34-20(37)14-35-27-24(45-29(35)41)21(19-8-5-13-43-19)22-23(44-27)26(39)36(25(22)38)18-7-4-3-6-17(18)30(31,32)33/h3-13,21-23H,2,14H2,1H3,(H,34,37)/t21-,22?,23?/m1/s1. The highest BCUT2D eigenvalue weighted by Crippen LogP contribution is 2.54. The number of imide groups is 1. The quantitative estimate of drug-likeness (QED) is 0.214. The van der Waals surface area contributed by atoms with Crippen molar-refractivity contribution in [1.82, 2.24) is 4.57 Å². The highest BCUT2D eigenvalue weighted by Gasteiger charge is 2.58. The van der Waals surface area contributed by atoms with Gasteiger partial charge in [0.15, 0.2) is 0 Å². The van der Waals surface area contributed by atoms with E-state index in [9.17, 15) is 37.1 Å². The van der Waals surface area contributed by atoms with Crippen LogP contribution in [0, 0.1) is 5.92 Å². The Morgan fingerprint density at radius 2 is 1.73 bits per heavy atom. The molecule has 2 unspecified atom stereocenters. The van der Waals surface area contributed by atoms with Crippen molar-refractivity contribution >= 4 is 58.2 Å². The topological polar surface area (TPSA) is 128 Å². The van der Waals surface area contributed by atoms with E-state index >= 15 is 0 Å². The summed E-state index contributed by atoms with van der Waals surface area (Å²) in [4.78, 5) is 66.1. The Balaban J connectivity index is 1.33. The molecule has 0 spiro atoms. The Labute approximate surface area is 260 Å². The van der Waals surface area contributed by atoms with Crippen molar-refractivity contribution in [3.63, 3.8) is 0 Å². The molecule has 4 aromatic rings. The second kappa shape index (κ2) is 11.7. The number of nitrogens with zero attached hydrogens (tertiary/aromatic N) is 2. The Morgan fingerprint density at radius 1 is 1.00 bits per heavy atom. The first-order chi connectivity index (χ1) is 21.5. The number of furan rings is 1. The minimum Gasteiger partial charge on any atom is -0.469 e. The van der Waals surface area contributed by atoms with Gasteiger partial charge in [-0.1, -0.05) is 35.2 Å². The van der Waals surface area contributed by atoms with Crippen molar-refractivity contribution in [2.24, 2.45) is 5.92 Å². The summed E-state index contributed by atoms with van der Waals surface area (Å²) in [5.41, 5.74) is -1.08. The fourth-order valence-electron chi connectivity index (χ4n) is 5.42. The van der Waals surface area contributed by atoms with Crippen LogP contribution < -0.4 is 15.1 Å². The van der Waals surface area contributed by atoms with Gasteiger partial charge >= 0.3 is 17.0 Å². The Kier molecular flexibility index (Phi) is 7.91. The lowest BCUT2D eigenvalue weighted by molar-refractivity contribution is -0.137. The van der Waals surface area contributed by atoms with Crippen molar-refractivity contribution in [1.29, 1.82) is 0 Å². The SMILES string of the molecule is CCOC(=O)c1ccc(NC(=O)Cn2c3c(sc2=O)[C@H](c2ccco2)C2C(=O)N(c4ccccc4C(F)(F)F)C(=O)C2S3)cc1. The molecule has 2 aromatic heterocycles. The lowest BCUT2D eigenvalue weighted by Gasteiger charge is -2.29. The predicted molar refractivity (Wildman–Crippen MR) is 157 cm³/mol. The lowest BCUT2D eigenvalue weighted by atomic mass is 9.86. The second-order valence-electron chi connectivity index (χ2n) is 10.1. The number of aromatic nitrogens is 1. The van der Waals surface area contributed by atoms with Crippen LogP contribution in [0.25, 0.3) is 0 Å². The molecule has 45 heavy (non-hydrogen) atoms. The first-order valence-corrected chi connectivity index (χ1v) is 15.2. The van der Waals surface area contributed by atoms with Crippen LogP contribution in [0.2, 0.25) is 0 Å². The predicted octanol–water partition coefficient (Wildman–Crippen LogP) is 5.13. The summed E-state index contributed by atoms with van der Waals surface area (Å²) in [7, 11) is 0. The van der Waals surface area contributed by atoms with Gasteiger partial charge in [-0.3, -0.25) is 23.7 Å². The molecule has 1 N–H and O–H groups in total. The van der Waals surface area contributed by atoms with E-state index in [1.807, 2.05) is 0 Å². The number of fused-ring (bicyclic) bond motifs is 2. The zero-order valence-electron chi connectivity index (χ0n) is 23.2. The van der Waals surface area contributed by atoms with Crippen LogP contribution >= 0.6 is 23.1 Å². The number of amides is 3. The Morgan fingerprint density at radius 3 is 2.40 bits per heavy atom. The number of alkyl halides is 3. The van der Waals surface area contributed by atoms with Gasteiger partial charge in [0.25, 0.3) is 0 Å². The maximum absolute atomic E-state index is 13.9. The number of anilines is 2. The number of para-hydroxylation sites is 1. The number of hydrogen-bond donors (Lipinski definition) is 1. The van der Waals surface area contributed by atoms with E-state index in [0.717, 1.165) is 35.2 Å². The van der Waals surface area contributed by atoms with E-state index in [1.165, 1.54) is 47.2 Å². The second-order valence-corrected chi connectivity index (χ2v) is 12.2. The summed E-state index contributed by atoms with van der Waals surface area (Å²) in [6.45, 7) is 1.43. The summed E-state index contributed by atoms with van der Waals surface area (Å²) in [6.07, 6.45) is -3.48. The number of thioether (sulfide) groups is 1. The van der Waals surface area contributed by atoms with Crippen molar-refractivity contribution in [2.45, 2.75) is 35.8 Å². The number of nitrogens with one attached hydrogen (secondary N) is 1. The number of rotatable bonds is 7. The highest BCUT2D eigenvalue weighted by molar-refractivity contribution is 8.00. The highest BCUT2D eigenvalue weighted by atomic mass is 32.2. The first kappa shape index (κ1) is 30.4. The maximum atomic E-state index is 13.9. The number of benzene rings is 2. The molecule has 3 atom stereocenters. The zero-order chi connectivity index (χ0) is 32.0. The van der Waals surface area contributed by atoms with Gasteiger partial charge in [-0.25, -0.2) is 9.69 Å². The van der Waals surface area contributed by atoms with Gasteiger partial charge in [0.1, 0.15) is 17.6 Å². The molecule has 0 aliphatic carbocycles. The third-order valence-electron chi connectivity index (χ3n) is 7.33. The summed E-state index contributed by atoms with van der Waals surface area (Å²) < 4.78 is 53.4. The van der Waals surface area contributed by atoms with Gasteiger partial charge in [0, 0.05) is 5.69 Å². The molecule has 1 fully saturated rings. The van der Waals surface area contributed by atoms with Gasteiger partial charge in [0.05, 0.1) is 51.4 Å². The van der Waals surface area contributed by atoms with Gasteiger partial charge in [-0.2, -0.15) is 13.2 Å². The Bertz CT molecular complexity index is 1870. The molecular formula is C30H22F3N3O7S2. The van der Waals surface area contributed by atoms with Crippen LogP contribution in [0.3, 0.4) is 0 Å². The van der Waals surface area contributed by atoms with Gasteiger partial charge in [-0.15, -0.1) is 0 Å². The van der Waals surface area contributed by atoms with Crippen LogP contribution in [-0.4, -0.2) is 40.1 Å². The molecule has 10 nitrogen and oxygen atoms in total. The first-order valence-electron chi connectivity index (χ1n) is 13.5. The molecule has 232 valence electrons. The van der Waals surface area contributed by atoms with Crippen LogP contribution in [0.4, 0.5) is 24.5 Å². The number of esters is 1. The van der Waals surface area contributed by atoms with E-state index in [4.69, 9.17) is 9.15 Å². The van der Waals surface area contributed by atoms with Crippen LogP contribution in [0.5, 0.6) is 0 Å². The minimum absolute atomic E-state index is 0.204. The van der Waals surface area contributed by atoms with Crippen LogP contribution in [-0.2, 0) is 31.8 Å². The number of ether oxygens (including phenoxy) is 1. The molecule has 4 heterocycles. The van der Waals surface area contributed by atoms with Crippen LogP contribution in [0.15, 0.2) is 81.2 Å². The van der Waals surface area contributed by atoms with Crippen molar-refractivity contribution in [3.8, 4) is 0 Å². The normalized spacial score (nSPS) is 19.3. The zero-order valence-corrected chi connectivity index (χ0v) is 24.8. The maximum Gasteiger partial charge on any atom is 0.418 e. The monoisotopic (exact) mass is 657 g/mol. The number of hydrogen-bond acceptors (Lipinski definition) is 9. The van der Waals surface area contributed by atoms with E-state index in [2.05, 4.69) is 5.32 Å². The van der Waals surface area contributed by atoms with Gasteiger partial charge in [0.2, 0.25) is 17.7 Å². The molecule has 0 bridgehead atoms. The summed E-state index contributed by atoms with van der Waals surface area (Å²) >= 11 is 1.64. The molecule has 0 radical (unpaired) electrons. The molecule has 1 saturated heterocycles. The molecule has 0 saturated carbocycles. The number of halogens is 3. The molecule has 2 aliphatic rings. The van der Waals surface area contributed by atoms with Gasteiger partial charge in [-0.05, 0) is 55.5 Å². The fraction of sp³-hybridized carbons (Fsp3) is 0.233. The lowest BCUT2D eigenvalue weighted by Crippen LogP contribution is -2.33. The Hall–Kier alpha value is -4.63. The summed E-state index contributed by atoms with van der Waals surface area (Å²) in [6, 6.07) is 13.4. The third kappa shape index (κ3) is 5.46. The van der Waals surface area contributed by atoms with Crippen molar-refractivity contribution in [3.05, 3.63) is 98.4 Å². The van der Waals surface area contributed by atoms with Crippen molar-refractivity contribution in [2.75, 3.05) is 16.8 Å². The average molecular weight is 658 g/mol. The van der Waals surface area contributed by atoms with Crippen LogP contribution in [0.1, 0.15) is 39.4 Å². The number of thiazole rings is 1. The largest absolute Gasteiger partial charge is 0.469 e. The molecular weight excluding hydrogens is 635 g/mol. The number of carbonyl (C=O) groups is 4. The van der Waals surface area contributed by atoms with E-state index in [1.54, 1.807) is 19.1 Å². The molecule has 2 aliphatic heterocycles. The smallest absolute Gasteiger partial charge is 0.418 e. The third-order valence-corrected chi connectivity index (χ3v) is 9.93. The molecule has 3 amide bonds. The molecule has 15 heteroatoms. The van der Waals surface area contributed by atoms with E-state index in [-0.39, 0.29) is 23.0 Å². The summed E-state index contributed by atoms with van der Waals surface area (Å²) in [5.74, 6) is -4.71. The number of carbonyl (C=O) groups excluding carboxylic acids is 4. The van der Waals surface area contributed by atoms with Gasteiger partial charge < -0.3 is 14.5 Å². The van der Waals surface area contributed by atoms with Crippen molar-refractivity contribution < 1.29 is 41.5 Å². The summed E-state index contributed by atoms with van der Waals surface area (Å²) in [5, 5.41) is 1.70. The van der Waals surface area contributed by atoms with E-state index < -0.39 is 69.6 Å². The molecule has 2 aromatic carbocycles. The van der Waals surface area contributed by atoms with E-state index in [0.29, 0.717) is 15.5 Å². The molecule has 6 rings (SSSR count).